The summed E-state index contributed by atoms with van der Waals surface area (Å²) in [5.74, 6) is -3.35. The topological polar surface area (TPSA) is 86.5 Å². The molecule has 0 aliphatic carbocycles. The zero-order chi connectivity index (χ0) is 19.3. The summed E-state index contributed by atoms with van der Waals surface area (Å²) in [6.45, 7) is 3.15. The maximum absolute atomic E-state index is 14.9. The standard InChI is InChI=1S/C19H18FNO5/c1-3-26-17(23)11-16(22)12(2)14-9-10-15(13-7-5-4-6-8-13)19(18(14)20)21(24)25/h4-10,12H,3,11H2,1-2H3. The molecule has 2 aromatic rings. The van der Waals surface area contributed by atoms with E-state index in [1.54, 1.807) is 37.3 Å². The minimum atomic E-state index is -1.07. The molecule has 7 heteroatoms. The Bertz CT molecular complexity index is 835. The highest BCUT2D eigenvalue weighted by molar-refractivity contribution is 5.99. The molecule has 0 fully saturated rings. The molecular formula is C19H18FNO5. The maximum atomic E-state index is 14.9. The van der Waals surface area contributed by atoms with Crippen LogP contribution in [-0.2, 0) is 14.3 Å². The summed E-state index contributed by atoms with van der Waals surface area (Å²) in [4.78, 5) is 34.3. The Hall–Kier alpha value is -3.09. The SMILES string of the molecule is CCOC(=O)CC(=O)C(C)c1ccc(-c2ccccc2)c([N+](=O)[O-])c1F. The van der Waals surface area contributed by atoms with Crippen molar-refractivity contribution < 1.29 is 23.6 Å². The number of benzene rings is 2. The van der Waals surface area contributed by atoms with Gasteiger partial charge in [0.15, 0.2) is 5.78 Å². The number of nitro benzene ring substituents is 1. The van der Waals surface area contributed by atoms with Crippen molar-refractivity contribution in [1.82, 2.24) is 0 Å². The molecule has 26 heavy (non-hydrogen) atoms. The van der Waals surface area contributed by atoms with Crippen LogP contribution in [-0.4, -0.2) is 23.3 Å². The lowest BCUT2D eigenvalue weighted by Crippen LogP contribution is -2.17. The van der Waals surface area contributed by atoms with Gasteiger partial charge < -0.3 is 4.74 Å². The first kappa shape index (κ1) is 19.2. The van der Waals surface area contributed by atoms with Crippen LogP contribution in [0, 0.1) is 15.9 Å². The molecule has 6 nitrogen and oxygen atoms in total. The summed E-state index contributed by atoms with van der Waals surface area (Å²) < 4.78 is 19.6. The first-order chi connectivity index (χ1) is 12.4. The first-order valence-electron chi connectivity index (χ1n) is 8.07. The van der Waals surface area contributed by atoms with Crippen LogP contribution in [0.15, 0.2) is 42.5 Å². The van der Waals surface area contributed by atoms with Crippen molar-refractivity contribution in [2.75, 3.05) is 6.61 Å². The second-order valence-electron chi connectivity index (χ2n) is 5.66. The third-order valence-electron chi connectivity index (χ3n) is 3.99. The molecule has 1 atom stereocenters. The molecule has 0 N–H and O–H groups in total. The largest absolute Gasteiger partial charge is 0.466 e. The summed E-state index contributed by atoms with van der Waals surface area (Å²) in [5.41, 5.74) is -0.188. The lowest BCUT2D eigenvalue weighted by molar-refractivity contribution is -0.386. The molecule has 0 aliphatic heterocycles. The molecule has 0 heterocycles. The van der Waals surface area contributed by atoms with E-state index >= 15 is 0 Å². The number of hydrogen-bond donors (Lipinski definition) is 0. The summed E-state index contributed by atoms with van der Waals surface area (Å²) in [5, 5.41) is 11.4. The summed E-state index contributed by atoms with van der Waals surface area (Å²) in [7, 11) is 0. The van der Waals surface area contributed by atoms with Gasteiger partial charge in [0.25, 0.3) is 0 Å². The van der Waals surface area contributed by atoms with Crippen LogP contribution in [0.25, 0.3) is 11.1 Å². The molecule has 0 spiro atoms. The van der Waals surface area contributed by atoms with Crippen LogP contribution in [0.4, 0.5) is 10.1 Å². The van der Waals surface area contributed by atoms with E-state index in [1.807, 2.05) is 0 Å². The van der Waals surface area contributed by atoms with Crippen molar-refractivity contribution >= 4 is 17.4 Å². The molecular weight excluding hydrogens is 341 g/mol. The highest BCUT2D eigenvalue weighted by atomic mass is 19.1. The van der Waals surface area contributed by atoms with Gasteiger partial charge in [-0.15, -0.1) is 0 Å². The number of hydrogen-bond acceptors (Lipinski definition) is 5. The number of halogens is 1. The number of nitrogens with zero attached hydrogens (tertiary/aromatic N) is 1. The number of Topliss-reactive ketones (excluding diaryl/α,β-unsaturated/α-hetero) is 1. The van der Waals surface area contributed by atoms with Gasteiger partial charge in [0.2, 0.25) is 5.82 Å². The monoisotopic (exact) mass is 359 g/mol. The normalized spacial score (nSPS) is 11.7. The van der Waals surface area contributed by atoms with Crippen molar-refractivity contribution in [2.45, 2.75) is 26.2 Å². The zero-order valence-electron chi connectivity index (χ0n) is 14.4. The fraction of sp³-hybridized carbons (Fsp3) is 0.263. The van der Waals surface area contributed by atoms with Gasteiger partial charge in [0, 0.05) is 11.5 Å². The van der Waals surface area contributed by atoms with E-state index in [1.165, 1.54) is 19.1 Å². The number of rotatable bonds is 7. The van der Waals surface area contributed by atoms with Crippen molar-refractivity contribution in [1.29, 1.82) is 0 Å². The molecule has 0 aromatic heterocycles. The number of esters is 1. The summed E-state index contributed by atoms with van der Waals surface area (Å²) in [6.07, 6.45) is -0.511. The number of carbonyl (C=O) groups is 2. The number of carbonyl (C=O) groups excluding carboxylic acids is 2. The van der Waals surface area contributed by atoms with E-state index in [0.29, 0.717) is 5.56 Å². The molecule has 0 amide bonds. The molecule has 0 bridgehead atoms. The second-order valence-corrected chi connectivity index (χ2v) is 5.66. The van der Waals surface area contributed by atoms with E-state index in [2.05, 4.69) is 0 Å². The zero-order valence-corrected chi connectivity index (χ0v) is 14.4. The predicted molar refractivity (Wildman–Crippen MR) is 93.2 cm³/mol. The first-order valence-corrected chi connectivity index (χ1v) is 8.07. The van der Waals surface area contributed by atoms with Gasteiger partial charge in [-0.2, -0.15) is 4.39 Å². The van der Waals surface area contributed by atoms with E-state index in [9.17, 15) is 24.1 Å². The molecule has 136 valence electrons. The molecule has 2 rings (SSSR count). The van der Waals surface area contributed by atoms with Gasteiger partial charge in [0.1, 0.15) is 6.42 Å². The fourth-order valence-electron chi connectivity index (χ4n) is 2.62. The Labute approximate surface area is 149 Å². The molecule has 0 aliphatic rings. The summed E-state index contributed by atoms with van der Waals surface area (Å²) >= 11 is 0. The van der Waals surface area contributed by atoms with Crippen LogP contribution in [0.1, 0.15) is 31.7 Å². The van der Waals surface area contributed by atoms with Crippen LogP contribution in [0.2, 0.25) is 0 Å². The van der Waals surface area contributed by atoms with Crippen LogP contribution >= 0.6 is 0 Å². The Morgan fingerprint density at radius 3 is 2.42 bits per heavy atom. The van der Waals surface area contributed by atoms with Gasteiger partial charge in [-0.25, -0.2) is 0 Å². The van der Waals surface area contributed by atoms with Gasteiger partial charge in [0.05, 0.1) is 17.1 Å². The number of nitro groups is 1. The highest BCUT2D eigenvalue weighted by Gasteiger charge is 2.29. The number of ether oxygens (including phenoxy) is 1. The van der Waals surface area contributed by atoms with Crippen molar-refractivity contribution in [2.24, 2.45) is 0 Å². The lowest BCUT2D eigenvalue weighted by Gasteiger charge is -2.13. The van der Waals surface area contributed by atoms with Crippen molar-refractivity contribution in [3.8, 4) is 11.1 Å². The Morgan fingerprint density at radius 2 is 1.85 bits per heavy atom. The highest BCUT2D eigenvalue weighted by Crippen LogP contribution is 2.36. The minimum Gasteiger partial charge on any atom is -0.466 e. The van der Waals surface area contributed by atoms with Crippen LogP contribution in [0.5, 0.6) is 0 Å². The van der Waals surface area contributed by atoms with Gasteiger partial charge >= 0.3 is 11.7 Å². The van der Waals surface area contributed by atoms with E-state index in [4.69, 9.17) is 4.74 Å². The average molecular weight is 359 g/mol. The Morgan fingerprint density at radius 1 is 1.19 bits per heavy atom. The lowest BCUT2D eigenvalue weighted by atomic mass is 9.91. The fourth-order valence-corrected chi connectivity index (χ4v) is 2.62. The Kier molecular flexibility index (Phi) is 6.16. The van der Waals surface area contributed by atoms with E-state index < -0.39 is 40.5 Å². The third-order valence-corrected chi connectivity index (χ3v) is 3.99. The third kappa shape index (κ3) is 4.11. The van der Waals surface area contributed by atoms with Crippen LogP contribution < -0.4 is 0 Å². The van der Waals surface area contributed by atoms with Crippen LogP contribution in [0.3, 0.4) is 0 Å². The molecule has 2 aromatic carbocycles. The van der Waals surface area contributed by atoms with Crippen molar-refractivity contribution in [3.63, 3.8) is 0 Å². The quantitative estimate of drug-likeness (QED) is 0.322. The van der Waals surface area contributed by atoms with Gasteiger partial charge in [-0.3, -0.25) is 19.7 Å². The molecule has 0 radical (unpaired) electrons. The van der Waals surface area contributed by atoms with E-state index in [0.717, 1.165) is 0 Å². The smallest absolute Gasteiger partial charge is 0.313 e. The van der Waals surface area contributed by atoms with Gasteiger partial charge in [-0.05, 0) is 18.6 Å². The second kappa shape index (κ2) is 8.33. The number of ketones is 1. The average Bonchev–Trinajstić information content (AvgIpc) is 2.61. The predicted octanol–water partition coefficient (Wildman–Crippen LogP) is 4.03. The summed E-state index contributed by atoms with van der Waals surface area (Å²) in [6, 6.07) is 11.2. The molecule has 0 saturated carbocycles. The minimum absolute atomic E-state index is 0.120. The molecule has 0 saturated heterocycles. The Balaban J connectivity index is 2.42. The maximum Gasteiger partial charge on any atom is 0.313 e. The van der Waals surface area contributed by atoms with Crippen molar-refractivity contribution in [3.05, 3.63) is 64.0 Å². The van der Waals surface area contributed by atoms with E-state index in [-0.39, 0.29) is 17.7 Å². The van der Waals surface area contributed by atoms with Gasteiger partial charge in [-0.1, -0.05) is 43.3 Å². The molecule has 1 unspecified atom stereocenters.